The molecule has 1 aliphatic heterocycles. The van der Waals surface area contributed by atoms with Crippen molar-refractivity contribution in [3.05, 3.63) is 76.7 Å². The molecule has 1 aliphatic rings. The van der Waals surface area contributed by atoms with Crippen LogP contribution >= 0.6 is 0 Å². The van der Waals surface area contributed by atoms with Gasteiger partial charge in [-0.1, -0.05) is 24.3 Å². The molecule has 33 heavy (non-hydrogen) atoms. The summed E-state index contributed by atoms with van der Waals surface area (Å²) in [7, 11) is 0. The van der Waals surface area contributed by atoms with Gasteiger partial charge in [0, 0.05) is 55.9 Å². The van der Waals surface area contributed by atoms with E-state index in [1.165, 1.54) is 17.0 Å². The first-order valence-electron chi connectivity index (χ1n) is 11.8. The van der Waals surface area contributed by atoms with Crippen LogP contribution in [0, 0.1) is 20.8 Å². The number of nitrogens with zero attached hydrogens (tertiary/aromatic N) is 4. The number of amides is 1. The van der Waals surface area contributed by atoms with E-state index < -0.39 is 0 Å². The number of hydrogen-bond donors (Lipinski definition) is 0. The SMILES string of the molecule is CCN1CCN(Cc2cc(C)n(-c3ncccc3C)c2C)CCOc2ccccc2CC1=O. The van der Waals surface area contributed by atoms with Crippen LogP contribution in [0.25, 0.3) is 5.82 Å². The lowest BCUT2D eigenvalue weighted by molar-refractivity contribution is -0.130. The van der Waals surface area contributed by atoms with E-state index in [-0.39, 0.29) is 5.91 Å². The second-order valence-electron chi connectivity index (χ2n) is 8.76. The van der Waals surface area contributed by atoms with E-state index in [2.05, 4.69) is 47.4 Å². The summed E-state index contributed by atoms with van der Waals surface area (Å²) >= 11 is 0. The van der Waals surface area contributed by atoms with E-state index in [0.29, 0.717) is 19.6 Å². The van der Waals surface area contributed by atoms with Gasteiger partial charge in [0.2, 0.25) is 5.91 Å². The van der Waals surface area contributed by atoms with Gasteiger partial charge < -0.3 is 14.2 Å². The van der Waals surface area contributed by atoms with Crippen molar-refractivity contribution in [1.29, 1.82) is 0 Å². The minimum Gasteiger partial charge on any atom is -0.492 e. The second-order valence-corrected chi connectivity index (χ2v) is 8.76. The highest BCUT2D eigenvalue weighted by Crippen LogP contribution is 2.24. The molecule has 6 nitrogen and oxygen atoms in total. The average molecular weight is 447 g/mol. The van der Waals surface area contributed by atoms with Crippen LogP contribution in [-0.2, 0) is 17.8 Å². The predicted octanol–water partition coefficient (Wildman–Crippen LogP) is 4.08. The van der Waals surface area contributed by atoms with Crippen LogP contribution in [0.4, 0.5) is 0 Å². The van der Waals surface area contributed by atoms with Crippen molar-refractivity contribution in [2.24, 2.45) is 0 Å². The Labute approximate surface area is 196 Å². The molecule has 1 aromatic carbocycles. The molecule has 0 unspecified atom stereocenters. The Kier molecular flexibility index (Phi) is 7.14. The number of para-hydroxylation sites is 1. The number of pyridine rings is 1. The standard InChI is InChI=1S/C27H34N4O2/c1-5-30-14-13-29(15-16-33-25-11-7-6-10-23(25)18-26(30)32)19-24-17-21(3)31(22(24)4)27-20(2)9-8-12-28-27/h6-12,17H,5,13-16,18-19H2,1-4H3. The fourth-order valence-corrected chi connectivity index (χ4v) is 4.61. The van der Waals surface area contributed by atoms with Crippen molar-refractivity contribution < 1.29 is 9.53 Å². The van der Waals surface area contributed by atoms with Crippen LogP contribution in [0.15, 0.2) is 48.7 Å². The summed E-state index contributed by atoms with van der Waals surface area (Å²) in [4.78, 5) is 21.9. The molecular weight excluding hydrogens is 412 g/mol. The molecule has 4 rings (SSSR count). The number of carbonyl (C=O) groups excluding carboxylic acids is 1. The Hall–Kier alpha value is -3.12. The van der Waals surface area contributed by atoms with Crippen LogP contribution in [0.3, 0.4) is 0 Å². The Morgan fingerprint density at radius 3 is 2.64 bits per heavy atom. The Balaban J connectivity index is 1.57. The van der Waals surface area contributed by atoms with Crippen molar-refractivity contribution in [1.82, 2.24) is 19.4 Å². The summed E-state index contributed by atoms with van der Waals surface area (Å²) < 4.78 is 8.36. The third-order valence-electron chi connectivity index (χ3n) is 6.52. The van der Waals surface area contributed by atoms with Gasteiger partial charge in [-0.2, -0.15) is 0 Å². The summed E-state index contributed by atoms with van der Waals surface area (Å²) in [5, 5.41) is 0. The molecule has 2 aromatic heterocycles. The lowest BCUT2D eigenvalue weighted by atomic mass is 10.1. The molecule has 0 radical (unpaired) electrons. The second kappa shape index (κ2) is 10.2. The summed E-state index contributed by atoms with van der Waals surface area (Å²) in [6.45, 7) is 12.9. The highest BCUT2D eigenvalue weighted by atomic mass is 16.5. The van der Waals surface area contributed by atoms with Gasteiger partial charge in [0.25, 0.3) is 0 Å². The first-order valence-corrected chi connectivity index (χ1v) is 11.8. The van der Waals surface area contributed by atoms with Gasteiger partial charge in [-0.3, -0.25) is 9.69 Å². The summed E-state index contributed by atoms with van der Waals surface area (Å²) in [5.41, 5.74) is 5.78. The largest absolute Gasteiger partial charge is 0.492 e. The lowest BCUT2D eigenvalue weighted by Gasteiger charge is -2.26. The zero-order chi connectivity index (χ0) is 23.4. The molecule has 0 bridgehead atoms. The smallest absolute Gasteiger partial charge is 0.227 e. The quantitative estimate of drug-likeness (QED) is 0.606. The van der Waals surface area contributed by atoms with Gasteiger partial charge >= 0.3 is 0 Å². The number of fused-ring (bicyclic) bond motifs is 1. The monoisotopic (exact) mass is 446 g/mol. The van der Waals surface area contributed by atoms with Gasteiger partial charge in [-0.25, -0.2) is 4.98 Å². The minimum absolute atomic E-state index is 0.152. The topological polar surface area (TPSA) is 50.6 Å². The zero-order valence-electron chi connectivity index (χ0n) is 20.2. The number of likely N-dealkylation sites (N-methyl/N-ethyl adjacent to an activating group) is 1. The van der Waals surface area contributed by atoms with Crippen molar-refractivity contribution in [2.45, 2.75) is 40.7 Å². The average Bonchev–Trinajstić information content (AvgIpc) is 3.06. The predicted molar refractivity (Wildman–Crippen MR) is 131 cm³/mol. The summed E-state index contributed by atoms with van der Waals surface area (Å²) in [6, 6.07) is 14.2. The molecule has 0 saturated carbocycles. The number of hydrogen-bond acceptors (Lipinski definition) is 4. The van der Waals surface area contributed by atoms with Crippen LogP contribution in [0.5, 0.6) is 5.75 Å². The molecule has 174 valence electrons. The van der Waals surface area contributed by atoms with Gasteiger partial charge in [0.1, 0.15) is 18.2 Å². The van der Waals surface area contributed by atoms with Crippen molar-refractivity contribution >= 4 is 5.91 Å². The van der Waals surface area contributed by atoms with E-state index >= 15 is 0 Å². The van der Waals surface area contributed by atoms with Crippen molar-refractivity contribution in [3.8, 4) is 11.6 Å². The summed E-state index contributed by atoms with van der Waals surface area (Å²) in [5.74, 6) is 1.95. The molecule has 0 fully saturated rings. The number of rotatable bonds is 4. The van der Waals surface area contributed by atoms with Crippen LogP contribution in [0.2, 0.25) is 0 Å². The molecule has 6 heteroatoms. The first kappa shape index (κ1) is 23.1. The number of carbonyl (C=O) groups is 1. The van der Waals surface area contributed by atoms with Crippen LogP contribution < -0.4 is 4.74 Å². The Morgan fingerprint density at radius 1 is 1.03 bits per heavy atom. The minimum atomic E-state index is 0.152. The molecule has 0 spiro atoms. The third kappa shape index (κ3) is 5.11. The molecule has 1 amide bonds. The van der Waals surface area contributed by atoms with Gasteiger partial charge in [0.05, 0.1) is 6.42 Å². The normalized spacial score (nSPS) is 15.6. The molecule has 0 N–H and O–H groups in total. The molecule has 0 saturated heterocycles. The third-order valence-corrected chi connectivity index (χ3v) is 6.52. The van der Waals surface area contributed by atoms with Gasteiger partial charge in [0.15, 0.2) is 0 Å². The number of aryl methyl sites for hydroxylation is 2. The van der Waals surface area contributed by atoms with E-state index in [0.717, 1.165) is 48.9 Å². The van der Waals surface area contributed by atoms with E-state index in [1.54, 1.807) is 0 Å². The van der Waals surface area contributed by atoms with Crippen LogP contribution in [-0.4, -0.2) is 58.0 Å². The Morgan fingerprint density at radius 2 is 1.85 bits per heavy atom. The van der Waals surface area contributed by atoms with Crippen molar-refractivity contribution in [2.75, 3.05) is 32.8 Å². The lowest BCUT2D eigenvalue weighted by Crippen LogP contribution is -2.39. The number of benzene rings is 1. The van der Waals surface area contributed by atoms with E-state index in [4.69, 9.17) is 4.74 Å². The molecule has 3 heterocycles. The Bertz CT molecular complexity index is 1120. The van der Waals surface area contributed by atoms with E-state index in [9.17, 15) is 4.79 Å². The van der Waals surface area contributed by atoms with Gasteiger partial charge in [-0.05, 0) is 57.0 Å². The zero-order valence-corrected chi connectivity index (χ0v) is 20.2. The highest BCUT2D eigenvalue weighted by Gasteiger charge is 2.20. The summed E-state index contributed by atoms with van der Waals surface area (Å²) in [6.07, 6.45) is 2.23. The molecule has 0 atom stereocenters. The maximum absolute atomic E-state index is 12.9. The molecule has 0 aliphatic carbocycles. The first-order chi connectivity index (χ1) is 16.0. The van der Waals surface area contributed by atoms with Crippen LogP contribution in [0.1, 0.15) is 35.0 Å². The highest BCUT2D eigenvalue weighted by molar-refractivity contribution is 5.79. The van der Waals surface area contributed by atoms with Gasteiger partial charge in [-0.15, -0.1) is 0 Å². The fraction of sp³-hybridized carbons (Fsp3) is 0.407. The molecular formula is C27H34N4O2. The molecule has 3 aromatic rings. The van der Waals surface area contributed by atoms with Crippen molar-refractivity contribution in [3.63, 3.8) is 0 Å². The van der Waals surface area contributed by atoms with E-state index in [1.807, 2.05) is 48.4 Å². The number of ether oxygens (including phenoxy) is 1. The maximum Gasteiger partial charge on any atom is 0.227 e. The number of aromatic nitrogens is 2. The maximum atomic E-state index is 12.9. The fourth-order valence-electron chi connectivity index (χ4n) is 4.61.